The number of halogens is 1. The van der Waals surface area contributed by atoms with Gasteiger partial charge >= 0.3 is 0 Å². The molecule has 188 valence electrons. The first-order valence-electron chi connectivity index (χ1n) is 12.0. The maximum atomic E-state index is 12.4. The minimum absolute atomic E-state index is 0.117. The third-order valence-electron chi connectivity index (χ3n) is 5.63. The van der Waals surface area contributed by atoms with Gasteiger partial charge in [-0.2, -0.15) is 0 Å². The first-order valence-corrected chi connectivity index (χ1v) is 12.0. The zero-order valence-corrected chi connectivity index (χ0v) is 20.5. The Balaban J connectivity index is 0.000000303. The number of carbonyl (C=O) groups excluding carboxylic acids is 1. The Morgan fingerprint density at radius 3 is 2.75 bits per heavy atom. The monoisotopic (exact) mass is 489 g/mol. The van der Waals surface area contributed by atoms with Crippen LogP contribution >= 0.6 is 0 Å². The van der Waals surface area contributed by atoms with Gasteiger partial charge in [-0.3, -0.25) is 9.69 Å². The molecule has 1 amide bonds. The van der Waals surface area contributed by atoms with E-state index in [4.69, 9.17) is 11.2 Å². The summed E-state index contributed by atoms with van der Waals surface area (Å²) in [7, 11) is 0. The van der Waals surface area contributed by atoms with Gasteiger partial charge in [0.15, 0.2) is 0 Å². The van der Waals surface area contributed by atoms with E-state index in [1.165, 1.54) is 38.7 Å². The van der Waals surface area contributed by atoms with Crippen molar-refractivity contribution >= 4 is 34.5 Å². The van der Waals surface area contributed by atoms with Crippen molar-refractivity contribution in [3.8, 4) is 18.1 Å². The lowest BCUT2D eigenvalue weighted by Gasteiger charge is -2.24. The molecule has 1 saturated heterocycles. The van der Waals surface area contributed by atoms with Crippen molar-refractivity contribution < 1.29 is 13.9 Å². The number of ether oxygens (including phenoxy) is 1. The summed E-state index contributed by atoms with van der Waals surface area (Å²) in [6.45, 7) is 5.11. The number of aromatic nitrogens is 2. The zero-order valence-electron chi connectivity index (χ0n) is 20.5. The van der Waals surface area contributed by atoms with E-state index in [0.29, 0.717) is 34.6 Å². The number of hydrogen-bond donors (Lipinski definition) is 2. The summed E-state index contributed by atoms with van der Waals surface area (Å²) in [5.41, 5.74) is 2.48. The Labute approximate surface area is 211 Å². The van der Waals surface area contributed by atoms with Gasteiger partial charge in [-0.25, -0.2) is 14.4 Å². The summed E-state index contributed by atoms with van der Waals surface area (Å²) in [6, 6.07) is 10.6. The van der Waals surface area contributed by atoms with Crippen LogP contribution in [0.4, 0.5) is 21.6 Å². The molecular weight excluding hydrogens is 457 g/mol. The molecule has 7 nitrogen and oxygen atoms in total. The van der Waals surface area contributed by atoms with E-state index in [9.17, 15) is 9.18 Å². The minimum Gasteiger partial charge on any atom is -0.489 e. The number of rotatable bonds is 9. The lowest BCUT2D eigenvalue weighted by atomic mass is 10.1. The van der Waals surface area contributed by atoms with E-state index in [-0.39, 0.29) is 6.61 Å². The topological polar surface area (TPSA) is 79.4 Å². The van der Waals surface area contributed by atoms with Gasteiger partial charge in [0, 0.05) is 29.2 Å². The number of nitrogens with zero attached hydrogens (tertiary/aromatic N) is 3. The van der Waals surface area contributed by atoms with Gasteiger partial charge in [0.05, 0.1) is 11.2 Å². The Kier molecular flexibility index (Phi) is 10.7. The van der Waals surface area contributed by atoms with Crippen LogP contribution in [0.15, 0.2) is 54.9 Å². The molecule has 4 rings (SSSR count). The molecule has 1 aliphatic heterocycles. The van der Waals surface area contributed by atoms with Crippen molar-refractivity contribution in [1.82, 2.24) is 14.9 Å². The summed E-state index contributed by atoms with van der Waals surface area (Å²) in [5.74, 6) is 3.45. The molecule has 0 atom stereocenters. The largest absolute Gasteiger partial charge is 0.489 e. The third kappa shape index (κ3) is 7.79. The molecule has 1 aliphatic rings. The lowest BCUT2D eigenvalue weighted by Crippen LogP contribution is -2.29. The Hall–Kier alpha value is -3.96. The molecule has 0 spiro atoms. The van der Waals surface area contributed by atoms with Gasteiger partial charge in [-0.05, 0) is 57.1 Å². The van der Waals surface area contributed by atoms with Crippen LogP contribution in [0.5, 0.6) is 5.75 Å². The quantitative estimate of drug-likeness (QED) is 0.241. The average Bonchev–Trinajstić information content (AvgIpc) is 2.92. The van der Waals surface area contributed by atoms with Gasteiger partial charge in [0.25, 0.3) is 0 Å². The van der Waals surface area contributed by atoms with Crippen LogP contribution in [0.3, 0.4) is 0 Å². The maximum absolute atomic E-state index is 12.4. The smallest absolute Gasteiger partial charge is 0.211 e. The number of allylic oxidation sites excluding steroid dienone is 1. The highest BCUT2D eigenvalue weighted by Crippen LogP contribution is 2.33. The molecule has 2 heterocycles. The molecule has 36 heavy (non-hydrogen) atoms. The highest BCUT2D eigenvalue weighted by Gasteiger charge is 2.11. The van der Waals surface area contributed by atoms with E-state index in [0.717, 1.165) is 17.8 Å². The van der Waals surface area contributed by atoms with Gasteiger partial charge < -0.3 is 15.4 Å². The number of terminal acetylenes is 1. The summed E-state index contributed by atoms with van der Waals surface area (Å²) in [4.78, 5) is 21.9. The number of nitrogens with one attached hydrogen (secondary N) is 2. The van der Waals surface area contributed by atoms with Gasteiger partial charge in [-0.1, -0.05) is 30.6 Å². The van der Waals surface area contributed by atoms with Crippen LogP contribution in [0.2, 0.25) is 0 Å². The number of hydrogen-bond acceptors (Lipinski definition) is 6. The number of benzene rings is 2. The standard InChI is InChI=1S/C19H15FN4O2.C9H17N/c1-2-13-4-3-5-14(8-13)24-19-15-9-17(23-12-25)18(26-7-6-20)10-16(15)21-11-22-19;1-2-3-7-10-8-5-4-6-9-10/h1,3-5,8-12H,6-7H2,(H,23,25)(H,21,22,24);2-3H,4-9H2,1H3/b;3-2+. The zero-order chi connectivity index (χ0) is 25.6. The fraction of sp³-hybridized carbons (Fsp3) is 0.321. The summed E-state index contributed by atoms with van der Waals surface area (Å²) in [6.07, 6.45) is 16.0. The maximum Gasteiger partial charge on any atom is 0.211 e. The van der Waals surface area contributed by atoms with Crippen LogP contribution < -0.4 is 15.4 Å². The molecule has 2 aromatic carbocycles. The number of carbonyl (C=O) groups is 1. The van der Waals surface area contributed by atoms with Crippen molar-refractivity contribution in [2.75, 3.05) is 43.5 Å². The van der Waals surface area contributed by atoms with E-state index in [2.05, 4.69) is 50.5 Å². The average molecular weight is 490 g/mol. The Bertz CT molecular complexity index is 1200. The highest BCUT2D eigenvalue weighted by molar-refractivity contribution is 5.96. The first kappa shape index (κ1) is 26.6. The van der Waals surface area contributed by atoms with E-state index < -0.39 is 6.67 Å². The second-order valence-corrected chi connectivity index (χ2v) is 8.17. The number of likely N-dealkylation sites (tertiary alicyclic amines) is 1. The number of anilines is 3. The van der Waals surface area contributed by atoms with Gasteiger partial charge in [0.2, 0.25) is 6.41 Å². The van der Waals surface area contributed by atoms with E-state index in [1.807, 2.05) is 24.3 Å². The number of alkyl halides is 1. The number of fused-ring (bicyclic) bond motifs is 1. The van der Waals surface area contributed by atoms with Crippen molar-refractivity contribution in [2.24, 2.45) is 0 Å². The predicted molar refractivity (Wildman–Crippen MR) is 143 cm³/mol. The SMILES string of the molecule is C#Cc1cccc(Nc2ncnc3cc(OCCF)c(NC=O)cc23)c1.C/C=C/CN1CCCCC1. The molecular formula is C28H32FN5O2. The summed E-state index contributed by atoms with van der Waals surface area (Å²) in [5, 5.41) is 6.40. The second-order valence-electron chi connectivity index (χ2n) is 8.17. The fourth-order valence-corrected chi connectivity index (χ4v) is 3.85. The van der Waals surface area contributed by atoms with Crippen molar-refractivity contribution in [2.45, 2.75) is 26.2 Å². The second kappa shape index (κ2) is 14.4. The molecule has 8 heteroatoms. The summed E-state index contributed by atoms with van der Waals surface area (Å²) >= 11 is 0. The van der Waals surface area contributed by atoms with Crippen LogP contribution in [-0.4, -0.2) is 54.2 Å². The lowest BCUT2D eigenvalue weighted by molar-refractivity contribution is -0.105. The molecule has 0 saturated carbocycles. The van der Waals surface area contributed by atoms with Crippen LogP contribution in [0, 0.1) is 12.3 Å². The molecule has 0 unspecified atom stereocenters. The van der Waals surface area contributed by atoms with Crippen molar-refractivity contribution in [1.29, 1.82) is 0 Å². The van der Waals surface area contributed by atoms with Crippen molar-refractivity contribution in [3.63, 3.8) is 0 Å². The van der Waals surface area contributed by atoms with Crippen LogP contribution in [0.1, 0.15) is 31.7 Å². The molecule has 0 bridgehead atoms. The van der Waals surface area contributed by atoms with E-state index >= 15 is 0 Å². The molecule has 1 fully saturated rings. The highest BCUT2D eigenvalue weighted by atomic mass is 19.1. The van der Waals surface area contributed by atoms with Crippen LogP contribution in [0.25, 0.3) is 10.9 Å². The summed E-state index contributed by atoms with van der Waals surface area (Å²) < 4.78 is 17.7. The van der Waals surface area contributed by atoms with Gasteiger partial charge in [-0.15, -0.1) is 6.42 Å². The first-order chi connectivity index (χ1) is 17.7. The fourth-order valence-electron chi connectivity index (χ4n) is 3.85. The van der Waals surface area contributed by atoms with Gasteiger partial charge in [0.1, 0.15) is 31.2 Å². The molecule has 1 aromatic heterocycles. The van der Waals surface area contributed by atoms with Crippen molar-refractivity contribution in [3.05, 3.63) is 60.4 Å². The Morgan fingerprint density at radius 2 is 2.03 bits per heavy atom. The number of piperidine rings is 1. The number of amides is 1. The molecule has 0 radical (unpaired) electrons. The molecule has 3 aromatic rings. The Morgan fingerprint density at radius 1 is 1.19 bits per heavy atom. The molecule has 2 N–H and O–H groups in total. The van der Waals surface area contributed by atoms with E-state index in [1.54, 1.807) is 12.1 Å². The third-order valence-corrected chi connectivity index (χ3v) is 5.63. The molecule has 0 aliphatic carbocycles. The minimum atomic E-state index is -0.638. The van der Waals surface area contributed by atoms with Crippen LogP contribution in [-0.2, 0) is 4.79 Å². The predicted octanol–water partition coefficient (Wildman–Crippen LogP) is 5.32. The normalized spacial score (nSPS) is 13.5.